The van der Waals surface area contributed by atoms with E-state index in [9.17, 15) is 13.2 Å². The highest BCUT2D eigenvalue weighted by atomic mass is 32.2. The molecule has 1 aliphatic carbocycles. The fraction of sp³-hybridized carbons (Fsp3) is 0.458. The summed E-state index contributed by atoms with van der Waals surface area (Å²) in [5, 5.41) is 0. The molecule has 30 heavy (non-hydrogen) atoms. The molecule has 1 atom stereocenters. The molecule has 2 aromatic carbocycles. The molecule has 1 unspecified atom stereocenters. The number of likely N-dealkylation sites (tertiary alicyclic amines) is 1. The largest absolute Gasteiger partial charge is 0.342 e. The summed E-state index contributed by atoms with van der Waals surface area (Å²) in [4.78, 5) is 14.8. The van der Waals surface area contributed by atoms with Crippen LogP contribution in [-0.4, -0.2) is 38.9 Å². The fourth-order valence-electron chi connectivity index (χ4n) is 4.55. The Balaban J connectivity index is 1.24. The highest BCUT2D eigenvalue weighted by Crippen LogP contribution is 2.27. The maximum atomic E-state index is 12.6. The van der Waals surface area contributed by atoms with Gasteiger partial charge in [-0.05, 0) is 67.3 Å². The van der Waals surface area contributed by atoms with Crippen LogP contribution >= 0.6 is 0 Å². The van der Waals surface area contributed by atoms with Crippen LogP contribution in [0.15, 0.2) is 53.4 Å². The molecule has 5 nitrogen and oxygen atoms in total. The van der Waals surface area contributed by atoms with Gasteiger partial charge in [0.15, 0.2) is 0 Å². The molecule has 1 N–H and O–H groups in total. The summed E-state index contributed by atoms with van der Waals surface area (Å²) >= 11 is 0. The molecule has 0 radical (unpaired) electrons. The van der Waals surface area contributed by atoms with Crippen LogP contribution < -0.4 is 4.72 Å². The SMILES string of the molecule is O=C(CCCNS(=O)(=O)c1ccc2c(c1)CCCC2)N1CCC(c2ccccc2)C1. The number of hydrogen-bond donors (Lipinski definition) is 1. The third-order valence-corrected chi connectivity index (χ3v) is 7.76. The molecule has 6 heteroatoms. The second-order valence-corrected chi connectivity index (χ2v) is 10.1. The van der Waals surface area contributed by atoms with E-state index in [2.05, 4.69) is 16.9 Å². The highest BCUT2D eigenvalue weighted by Gasteiger charge is 2.27. The first-order valence-corrected chi connectivity index (χ1v) is 12.5. The van der Waals surface area contributed by atoms with Crippen molar-refractivity contribution in [3.8, 4) is 0 Å². The topological polar surface area (TPSA) is 66.5 Å². The van der Waals surface area contributed by atoms with E-state index >= 15 is 0 Å². The average molecular weight is 427 g/mol. The molecule has 0 bridgehead atoms. The van der Waals surface area contributed by atoms with Crippen LogP contribution in [-0.2, 0) is 27.7 Å². The van der Waals surface area contributed by atoms with E-state index in [1.165, 1.54) is 17.5 Å². The second kappa shape index (κ2) is 9.31. The van der Waals surface area contributed by atoms with Gasteiger partial charge in [-0.3, -0.25) is 4.79 Å². The van der Waals surface area contributed by atoms with E-state index in [-0.39, 0.29) is 12.5 Å². The van der Waals surface area contributed by atoms with E-state index < -0.39 is 10.0 Å². The van der Waals surface area contributed by atoms with Crippen molar-refractivity contribution in [1.82, 2.24) is 9.62 Å². The van der Waals surface area contributed by atoms with Gasteiger partial charge in [0, 0.05) is 32.0 Å². The Morgan fingerprint density at radius 3 is 2.60 bits per heavy atom. The van der Waals surface area contributed by atoms with Crippen LogP contribution in [0.4, 0.5) is 0 Å². The zero-order valence-corrected chi connectivity index (χ0v) is 18.2. The monoisotopic (exact) mass is 426 g/mol. The molecule has 1 saturated heterocycles. The maximum Gasteiger partial charge on any atom is 0.240 e. The predicted octanol–water partition coefficient (Wildman–Crippen LogP) is 3.64. The zero-order chi connectivity index (χ0) is 21.0. The minimum atomic E-state index is -3.53. The van der Waals surface area contributed by atoms with E-state index in [0.29, 0.717) is 23.7 Å². The first-order chi connectivity index (χ1) is 14.5. The number of sulfonamides is 1. The van der Waals surface area contributed by atoms with Crippen molar-refractivity contribution in [3.63, 3.8) is 0 Å². The Morgan fingerprint density at radius 2 is 1.80 bits per heavy atom. The van der Waals surface area contributed by atoms with Gasteiger partial charge in [0.05, 0.1) is 4.90 Å². The van der Waals surface area contributed by atoms with Crippen molar-refractivity contribution in [2.45, 2.75) is 55.8 Å². The van der Waals surface area contributed by atoms with Crippen LogP contribution in [0.3, 0.4) is 0 Å². The van der Waals surface area contributed by atoms with Gasteiger partial charge in [0.2, 0.25) is 15.9 Å². The first-order valence-electron chi connectivity index (χ1n) is 11.0. The summed E-state index contributed by atoms with van der Waals surface area (Å²) < 4.78 is 27.9. The lowest BCUT2D eigenvalue weighted by Gasteiger charge is -2.17. The van der Waals surface area contributed by atoms with Gasteiger partial charge in [0.1, 0.15) is 0 Å². The van der Waals surface area contributed by atoms with Crippen LogP contribution in [0.25, 0.3) is 0 Å². The summed E-state index contributed by atoms with van der Waals surface area (Å²) in [7, 11) is -3.53. The number of carbonyl (C=O) groups excluding carboxylic acids is 1. The number of nitrogens with zero attached hydrogens (tertiary/aromatic N) is 1. The van der Waals surface area contributed by atoms with E-state index in [1.807, 2.05) is 35.2 Å². The first kappa shape index (κ1) is 21.1. The number of aryl methyl sites for hydroxylation is 2. The molecule has 2 aliphatic rings. The molecule has 1 fully saturated rings. The quantitative estimate of drug-likeness (QED) is 0.688. The molecule has 160 valence electrons. The number of amides is 1. The molecular weight excluding hydrogens is 396 g/mol. The number of carbonyl (C=O) groups is 1. The Labute approximate surface area is 179 Å². The van der Waals surface area contributed by atoms with Crippen LogP contribution in [0, 0.1) is 0 Å². The van der Waals surface area contributed by atoms with E-state index in [0.717, 1.165) is 44.3 Å². The van der Waals surface area contributed by atoms with Gasteiger partial charge >= 0.3 is 0 Å². The lowest BCUT2D eigenvalue weighted by atomic mass is 9.92. The lowest BCUT2D eigenvalue weighted by Crippen LogP contribution is -2.30. The Morgan fingerprint density at radius 1 is 1.03 bits per heavy atom. The van der Waals surface area contributed by atoms with Crippen molar-refractivity contribution in [3.05, 3.63) is 65.2 Å². The van der Waals surface area contributed by atoms with Crippen LogP contribution in [0.5, 0.6) is 0 Å². The van der Waals surface area contributed by atoms with Gasteiger partial charge in [-0.2, -0.15) is 0 Å². The second-order valence-electron chi connectivity index (χ2n) is 8.37. The molecule has 0 aromatic heterocycles. The summed E-state index contributed by atoms with van der Waals surface area (Å²) in [5.74, 6) is 0.513. The van der Waals surface area contributed by atoms with Crippen molar-refractivity contribution in [2.24, 2.45) is 0 Å². The minimum absolute atomic E-state index is 0.112. The number of nitrogens with one attached hydrogen (secondary N) is 1. The average Bonchev–Trinajstić information content (AvgIpc) is 3.27. The molecule has 1 heterocycles. The molecular formula is C24H30N2O3S. The third-order valence-electron chi connectivity index (χ3n) is 6.30. The molecule has 1 amide bonds. The summed E-state index contributed by atoms with van der Waals surface area (Å²) in [6.45, 7) is 1.81. The molecule has 1 aliphatic heterocycles. The lowest BCUT2D eigenvalue weighted by molar-refractivity contribution is -0.130. The van der Waals surface area contributed by atoms with Gasteiger partial charge in [-0.25, -0.2) is 13.1 Å². The summed E-state index contributed by atoms with van der Waals surface area (Å²) in [6.07, 6.45) is 6.15. The minimum Gasteiger partial charge on any atom is -0.342 e. The molecule has 4 rings (SSSR count). The van der Waals surface area contributed by atoms with Crippen molar-refractivity contribution in [2.75, 3.05) is 19.6 Å². The van der Waals surface area contributed by atoms with E-state index in [4.69, 9.17) is 0 Å². The molecule has 0 saturated carbocycles. The predicted molar refractivity (Wildman–Crippen MR) is 118 cm³/mol. The van der Waals surface area contributed by atoms with Crippen LogP contribution in [0.2, 0.25) is 0 Å². The highest BCUT2D eigenvalue weighted by molar-refractivity contribution is 7.89. The summed E-state index contributed by atoms with van der Waals surface area (Å²) in [5.41, 5.74) is 3.71. The van der Waals surface area contributed by atoms with Gasteiger partial charge < -0.3 is 4.90 Å². The van der Waals surface area contributed by atoms with E-state index in [1.54, 1.807) is 6.07 Å². The molecule has 0 spiro atoms. The molecule has 2 aromatic rings. The van der Waals surface area contributed by atoms with Crippen molar-refractivity contribution in [1.29, 1.82) is 0 Å². The normalized spacial score (nSPS) is 18.9. The smallest absolute Gasteiger partial charge is 0.240 e. The Bertz CT molecular complexity index is 989. The Kier molecular flexibility index (Phi) is 6.54. The third kappa shape index (κ3) is 4.93. The standard InChI is InChI=1S/C24H30N2O3S/c27-24(26-16-14-22(18-26)19-7-2-1-3-8-19)11-6-15-25-30(28,29)23-13-12-20-9-4-5-10-21(20)17-23/h1-3,7-8,12-13,17,22,25H,4-6,9-11,14-16,18H2. The van der Waals surface area contributed by atoms with Gasteiger partial charge in [-0.1, -0.05) is 36.4 Å². The van der Waals surface area contributed by atoms with Crippen molar-refractivity contribution >= 4 is 15.9 Å². The number of fused-ring (bicyclic) bond motifs is 1. The fourth-order valence-corrected chi connectivity index (χ4v) is 5.67. The zero-order valence-electron chi connectivity index (χ0n) is 17.3. The van der Waals surface area contributed by atoms with Gasteiger partial charge in [0.25, 0.3) is 0 Å². The number of hydrogen-bond acceptors (Lipinski definition) is 3. The number of rotatable bonds is 7. The van der Waals surface area contributed by atoms with Crippen molar-refractivity contribution < 1.29 is 13.2 Å². The number of benzene rings is 2. The van der Waals surface area contributed by atoms with Gasteiger partial charge in [-0.15, -0.1) is 0 Å². The summed E-state index contributed by atoms with van der Waals surface area (Å²) in [6, 6.07) is 15.8. The Hall–Kier alpha value is -2.18. The van der Waals surface area contributed by atoms with Crippen LogP contribution in [0.1, 0.15) is 54.7 Å². The maximum absolute atomic E-state index is 12.6.